The van der Waals surface area contributed by atoms with E-state index in [-0.39, 0.29) is 5.95 Å². The zero-order valence-corrected chi connectivity index (χ0v) is 16.9. The molecule has 0 aliphatic heterocycles. The number of rotatable bonds is 6. The molecule has 0 bridgehead atoms. The molecule has 14 heteroatoms. The number of carbonyl (C=O) groups excluding carboxylic acids is 1. The third-order valence-corrected chi connectivity index (χ3v) is 4.32. The number of anilines is 2. The Morgan fingerprint density at radius 3 is 2.30 bits per heavy atom. The lowest BCUT2D eigenvalue weighted by Gasteiger charge is -2.15. The van der Waals surface area contributed by atoms with Crippen LogP contribution in [0.5, 0.6) is 5.75 Å². The van der Waals surface area contributed by atoms with E-state index in [9.17, 15) is 35.9 Å². The van der Waals surface area contributed by atoms with Crippen molar-refractivity contribution in [3.05, 3.63) is 63.8 Å². The van der Waals surface area contributed by atoms with Crippen molar-refractivity contribution in [1.82, 2.24) is 14.3 Å². The van der Waals surface area contributed by atoms with E-state index in [0.29, 0.717) is 16.8 Å². The second kappa shape index (κ2) is 8.88. The fourth-order valence-corrected chi connectivity index (χ4v) is 2.77. The van der Waals surface area contributed by atoms with E-state index in [1.165, 1.54) is 14.1 Å². The topological polar surface area (TPSA) is 90.2 Å². The van der Waals surface area contributed by atoms with Crippen LogP contribution in [0.3, 0.4) is 0 Å². The molecule has 0 radical (unpaired) electrons. The Hall–Kier alpha value is -3.97. The number of nitrogens with zero attached hydrogens (tertiary/aromatic N) is 3. The Labute approximate surface area is 181 Å². The zero-order valence-electron chi connectivity index (χ0n) is 16.9. The molecular weight excluding hydrogens is 460 g/mol. The highest BCUT2D eigenvalue weighted by Crippen LogP contribution is 2.29. The summed E-state index contributed by atoms with van der Waals surface area (Å²) in [6.07, 6.45) is -4.83. The second-order valence-electron chi connectivity index (χ2n) is 6.58. The summed E-state index contributed by atoms with van der Waals surface area (Å²) < 4.78 is 86.9. The van der Waals surface area contributed by atoms with Crippen molar-refractivity contribution in [2.75, 3.05) is 24.3 Å². The minimum absolute atomic E-state index is 0.00834. The summed E-state index contributed by atoms with van der Waals surface area (Å²) in [6, 6.07) is 3.81. The maximum atomic E-state index is 14.8. The van der Waals surface area contributed by atoms with Crippen LogP contribution in [-0.4, -0.2) is 40.1 Å². The molecule has 0 aliphatic rings. The normalized spacial score (nSPS) is 11.4. The van der Waals surface area contributed by atoms with Gasteiger partial charge in [-0.05, 0) is 18.2 Å². The number of amides is 1. The van der Waals surface area contributed by atoms with Gasteiger partial charge in [-0.2, -0.15) is 17.9 Å². The lowest BCUT2D eigenvalue weighted by molar-refractivity contribution is -0.153. The lowest BCUT2D eigenvalue weighted by Crippen LogP contribution is -2.24. The first kappa shape index (κ1) is 23.7. The SMILES string of the molecule is CNc1nn(-c2cc(OCC(F)(F)F)c(C(=O)Nc3c(F)cccc3F)cc2F)c(=O)n1C. The Balaban J connectivity index is 2.10. The summed E-state index contributed by atoms with van der Waals surface area (Å²) in [5, 5.41) is 8.22. The predicted octanol–water partition coefficient (Wildman–Crippen LogP) is 3.22. The summed E-state index contributed by atoms with van der Waals surface area (Å²) in [5.41, 5.74) is -3.18. The highest BCUT2D eigenvalue weighted by molar-refractivity contribution is 6.06. The number of para-hydroxylation sites is 1. The summed E-state index contributed by atoms with van der Waals surface area (Å²) in [6.45, 7) is -1.87. The quantitative estimate of drug-likeness (QED) is 0.535. The van der Waals surface area contributed by atoms with Crippen LogP contribution < -0.4 is 21.1 Å². The Bertz CT molecular complexity index is 1250. The number of alkyl halides is 3. The average Bonchev–Trinajstić information content (AvgIpc) is 3.03. The number of aromatic nitrogens is 3. The molecule has 0 saturated heterocycles. The van der Waals surface area contributed by atoms with Crippen LogP contribution in [0, 0.1) is 17.5 Å². The van der Waals surface area contributed by atoms with E-state index in [0.717, 1.165) is 22.8 Å². The van der Waals surface area contributed by atoms with E-state index in [4.69, 9.17) is 0 Å². The van der Waals surface area contributed by atoms with E-state index in [1.807, 2.05) is 5.32 Å². The van der Waals surface area contributed by atoms with Gasteiger partial charge in [0.1, 0.15) is 34.6 Å². The van der Waals surface area contributed by atoms with Gasteiger partial charge in [0.25, 0.3) is 5.91 Å². The highest BCUT2D eigenvalue weighted by Gasteiger charge is 2.30. The minimum Gasteiger partial charge on any atom is -0.483 e. The smallest absolute Gasteiger partial charge is 0.422 e. The largest absolute Gasteiger partial charge is 0.483 e. The molecule has 0 atom stereocenters. The molecule has 0 fully saturated rings. The molecular formula is C19H15F6N5O3. The fourth-order valence-electron chi connectivity index (χ4n) is 2.77. The average molecular weight is 475 g/mol. The van der Waals surface area contributed by atoms with Gasteiger partial charge in [0.15, 0.2) is 6.61 Å². The summed E-state index contributed by atoms with van der Waals surface area (Å²) in [4.78, 5) is 24.9. The van der Waals surface area contributed by atoms with E-state index < -0.39 is 64.5 Å². The summed E-state index contributed by atoms with van der Waals surface area (Å²) in [5.74, 6) is -5.73. The van der Waals surface area contributed by atoms with Crippen LogP contribution in [0.4, 0.5) is 38.0 Å². The van der Waals surface area contributed by atoms with Gasteiger partial charge in [-0.3, -0.25) is 9.36 Å². The summed E-state index contributed by atoms with van der Waals surface area (Å²) in [7, 11) is 2.73. The van der Waals surface area contributed by atoms with Crippen LogP contribution in [0.2, 0.25) is 0 Å². The van der Waals surface area contributed by atoms with Crippen LogP contribution in [-0.2, 0) is 7.05 Å². The number of hydrogen-bond donors (Lipinski definition) is 2. The fraction of sp³-hybridized carbons (Fsp3) is 0.211. The Kier molecular flexibility index (Phi) is 6.37. The number of hydrogen-bond acceptors (Lipinski definition) is 5. The van der Waals surface area contributed by atoms with Crippen molar-refractivity contribution in [2.24, 2.45) is 7.05 Å². The number of ether oxygens (including phenoxy) is 1. The van der Waals surface area contributed by atoms with Gasteiger partial charge in [0.05, 0.1) is 5.56 Å². The van der Waals surface area contributed by atoms with Gasteiger partial charge >= 0.3 is 11.9 Å². The minimum atomic E-state index is -4.83. The van der Waals surface area contributed by atoms with Gasteiger partial charge in [-0.15, -0.1) is 5.10 Å². The molecule has 0 aliphatic carbocycles. The van der Waals surface area contributed by atoms with Crippen molar-refractivity contribution < 1.29 is 35.9 Å². The third-order valence-electron chi connectivity index (χ3n) is 4.32. The molecule has 0 spiro atoms. The van der Waals surface area contributed by atoms with Crippen molar-refractivity contribution in [1.29, 1.82) is 0 Å². The molecule has 176 valence electrons. The third kappa shape index (κ3) is 4.94. The van der Waals surface area contributed by atoms with Crippen molar-refractivity contribution in [3.63, 3.8) is 0 Å². The molecule has 2 N–H and O–H groups in total. The van der Waals surface area contributed by atoms with Gasteiger partial charge < -0.3 is 15.4 Å². The van der Waals surface area contributed by atoms with Crippen LogP contribution in [0.15, 0.2) is 35.1 Å². The Morgan fingerprint density at radius 2 is 1.76 bits per heavy atom. The lowest BCUT2D eigenvalue weighted by atomic mass is 10.1. The van der Waals surface area contributed by atoms with Gasteiger partial charge in [-0.25, -0.2) is 18.0 Å². The van der Waals surface area contributed by atoms with E-state index in [1.54, 1.807) is 0 Å². The Morgan fingerprint density at radius 1 is 1.12 bits per heavy atom. The predicted molar refractivity (Wildman–Crippen MR) is 104 cm³/mol. The number of benzene rings is 2. The number of nitrogens with one attached hydrogen (secondary N) is 2. The number of halogens is 6. The first-order chi connectivity index (χ1) is 15.4. The highest BCUT2D eigenvalue weighted by atomic mass is 19.4. The molecule has 3 aromatic rings. The molecule has 0 saturated carbocycles. The van der Waals surface area contributed by atoms with Crippen LogP contribution in [0.1, 0.15) is 10.4 Å². The zero-order chi connectivity index (χ0) is 24.5. The molecule has 1 heterocycles. The molecule has 1 amide bonds. The van der Waals surface area contributed by atoms with E-state index >= 15 is 0 Å². The standard InChI is InChI=1S/C19H15F6N5O3/c1-26-17-28-30(18(32)29(17)2)13-7-14(33-8-19(23,24)25)9(6-12(13)22)16(31)27-15-10(20)4-3-5-11(15)21/h3-7H,8H2,1-2H3,(H,26,28)(H,27,31). The van der Waals surface area contributed by atoms with Crippen molar-refractivity contribution in [2.45, 2.75) is 6.18 Å². The molecule has 3 rings (SSSR count). The molecule has 2 aromatic carbocycles. The van der Waals surface area contributed by atoms with Gasteiger partial charge in [0.2, 0.25) is 5.95 Å². The van der Waals surface area contributed by atoms with Crippen LogP contribution in [0.25, 0.3) is 5.69 Å². The maximum Gasteiger partial charge on any atom is 0.422 e. The van der Waals surface area contributed by atoms with Crippen molar-refractivity contribution in [3.8, 4) is 11.4 Å². The maximum absolute atomic E-state index is 14.8. The molecule has 8 nitrogen and oxygen atoms in total. The molecule has 1 aromatic heterocycles. The second-order valence-corrected chi connectivity index (χ2v) is 6.58. The molecule has 0 unspecified atom stereocenters. The van der Waals surface area contributed by atoms with E-state index in [2.05, 4.69) is 15.2 Å². The van der Waals surface area contributed by atoms with Crippen LogP contribution >= 0.6 is 0 Å². The van der Waals surface area contributed by atoms with Gasteiger partial charge in [0, 0.05) is 20.2 Å². The van der Waals surface area contributed by atoms with Gasteiger partial charge in [-0.1, -0.05) is 6.07 Å². The first-order valence-corrected chi connectivity index (χ1v) is 9.05. The monoisotopic (exact) mass is 475 g/mol. The summed E-state index contributed by atoms with van der Waals surface area (Å²) >= 11 is 0. The number of carbonyl (C=O) groups is 1. The van der Waals surface area contributed by atoms with Crippen molar-refractivity contribution >= 4 is 17.5 Å². The first-order valence-electron chi connectivity index (χ1n) is 9.05. The molecule has 33 heavy (non-hydrogen) atoms.